The first kappa shape index (κ1) is 21.9. The average molecular weight is 431 g/mol. The molecule has 0 aliphatic carbocycles. The predicted octanol–water partition coefficient (Wildman–Crippen LogP) is -0.122. The molecule has 2 rings (SSSR count). The molecule has 28 heavy (non-hydrogen) atoms. The Kier molecular flexibility index (Phi) is 6.54. The van der Waals surface area contributed by atoms with E-state index in [1.807, 2.05) is 32.0 Å². The number of hydrogen-bond donors (Lipinski definition) is 1. The topological polar surface area (TPSA) is 136 Å². The summed E-state index contributed by atoms with van der Waals surface area (Å²) in [6.45, 7) is 3.61. The predicted molar refractivity (Wildman–Crippen MR) is 103 cm³/mol. The van der Waals surface area contributed by atoms with Crippen LogP contribution in [0.3, 0.4) is 0 Å². The zero-order valence-corrected chi connectivity index (χ0v) is 17.7. The van der Waals surface area contributed by atoms with Crippen molar-refractivity contribution in [2.24, 2.45) is 5.16 Å². The molecule has 1 heterocycles. The molecule has 0 bridgehead atoms. The van der Waals surface area contributed by atoms with E-state index in [1.54, 1.807) is 0 Å². The summed E-state index contributed by atoms with van der Waals surface area (Å²) in [5, 5.41) is 6.77. The fourth-order valence-corrected chi connectivity index (χ4v) is 3.86. The van der Waals surface area contributed by atoms with E-state index in [0.29, 0.717) is 15.4 Å². The van der Waals surface area contributed by atoms with Gasteiger partial charge in [-0.2, -0.15) is 12.7 Å². The van der Waals surface area contributed by atoms with Crippen molar-refractivity contribution in [1.82, 2.24) is 23.2 Å². The van der Waals surface area contributed by atoms with Crippen molar-refractivity contribution in [3.63, 3.8) is 0 Å². The lowest BCUT2D eigenvalue weighted by Gasteiger charge is -2.11. The SMILES string of the molecule is CO/N=C(\CNS(=O)(=O)c1ncn(S(=O)(=O)N(C)C)n1)c1ccc(C)cc1C. The number of nitrogens with one attached hydrogen (secondary N) is 1. The van der Waals surface area contributed by atoms with Crippen molar-refractivity contribution in [2.75, 3.05) is 27.7 Å². The molecular weight excluding hydrogens is 408 g/mol. The molecule has 11 nitrogen and oxygen atoms in total. The minimum atomic E-state index is -4.18. The van der Waals surface area contributed by atoms with Crippen LogP contribution in [0.4, 0.5) is 0 Å². The number of nitrogens with zero attached hydrogens (tertiary/aromatic N) is 5. The van der Waals surface area contributed by atoms with Crippen molar-refractivity contribution >= 4 is 25.9 Å². The second-order valence-electron chi connectivity index (χ2n) is 6.05. The molecule has 0 spiro atoms. The lowest BCUT2D eigenvalue weighted by atomic mass is 10.0. The molecule has 0 radical (unpaired) electrons. The molecule has 0 fully saturated rings. The normalized spacial score (nSPS) is 13.1. The highest BCUT2D eigenvalue weighted by Crippen LogP contribution is 2.13. The van der Waals surface area contributed by atoms with E-state index in [2.05, 4.69) is 20.0 Å². The lowest BCUT2D eigenvalue weighted by Crippen LogP contribution is -2.32. The molecule has 1 aromatic heterocycles. The number of oxime groups is 1. The highest BCUT2D eigenvalue weighted by atomic mass is 32.2. The van der Waals surface area contributed by atoms with E-state index in [-0.39, 0.29) is 6.54 Å². The summed E-state index contributed by atoms with van der Waals surface area (Å²) in [5.41, 5.74) is 3.01. The van der Waals surface area contributed by atoms with Gasteiger partial charge in [-0.05, 0) is 19.4 Å². The van der Waals surface area contributed by atoms with E-state index in [0.717, 1.165) is 21.8 Å². The molecular formula is C15H22N6O5S2. The van der Waals surface area contributed by atoms with Crippen LogP contribution in [0.15, 0.2) is 34.8 Å². The monoisotopic (exact) mass is 430 g/mol. The van der Waals surface area contributed by atoms with Crippen LogP contribution in [0, 0.1) is 13.8 Å². The number of rotatable bonds is 8. The molecule has 1 N–H and O–H groups in total. The third-order valence-electron chi connectivity index (χ3n) is 3.71. The van der Waals surface area contributed by atoms with Gasteiger partial charge in [0.15, 0.2) is 0 Å². The fourth-order valence-electron chi connectivity index (χ4n) is 2.29. The Morgan fingerprint density at radius 3 is 2.50 bits per heavy atom. The van der Waals surface area contributed by atoms with E-state index >= 15 is 0 Å². The van der Waals surface area contributed by atoms with E-state index in [1.165, 1.54) is 21.2 Å². The minimum absolute atomic E-state index is 0.199. The lowest BCUT2D eigenvalue weighted by molar-refractivity contribution is 0.213. The smallest absolute Gasteiger partial charge is 0.323 e. The molecule has 0 amide bonds. The highest BCUT2D eigenvalue weighted by Gasteiger charge is 2.25. The minimum Gasteiger partial charge on any atom is -0.399 e. The summed E-state index contributed by atoms with van der Waals surface area (Å²) in [6.07, 6.45) is 0.818. The molecule has 0 unspecified atom stereocenters. The summed E-state index contributed by atoms with van der Waals surface area (Å²) in [4.78, 5) is 8.41. The number of benzene rings is 1. The second kappa shape index (κ2) is 8.34. The van der Waals surface area contributed by atoms with Gasteiger partial charge in [-0.15, -0.1) is 9.19 Å². The van der Waals surface area contributed by atoms with Crippen molar-refractivity contribution < 1.29 is 21.7 Å². The molecule has 0 aliphatic rings. The van der Waals surface area contributed by atoms with Gasteiger partial charge in [-0.3, -0.25) is 0 Å². The number of aryl methyl sites for hydroxylation is 2. The van der Waals surface area contributed by atoms with Gasteiger partial charge in [-0.1, -0.05) is 28.9 Å². The van der Waals surface area contributed by atoms with Crippen LogP contribution < -0.4 is 4.72 Å². The molecule has 13 heteroatoms. The van der Waals surface area contributed by atoms with Crippen molar-refractivity contribution in [3.8, 4) is 0 Å². The third-order valence-corrected chi connectivity index (χ3v) is 6.48. The molecule has 0 aliphatic heterocycles. The average Bonchev–Trinajstić information content (AvgIpc) is 3.11. The number of aromatic nitrogens is 3. The van der Waals surface area contributed by atoms with Crippen molar-refractivity contribution in [1.29, 1.82) is 0 Å². The van der Waals surface area contributed by atoms with Gasteiger partial charge in [-0.25, -0.2) is 18.1 Å². The van der Waals surface area contributed by atoms with Crippen LogP contribution >= 0.6 is 0 Å². The zero-order valence-electron chi connectivity index (χ0n) is 16.1. The molecule has 0 atom stereocenters. The summed E-state index contributed by atoms with van der Waals surface area (Å²) >= 11 is 0. The molecule has 2 aromatic rings. The molecule has 0 saturated carbocycles. The van der Waals surface area contributed by atoms with E-state index in [4.69, 9.17) is 4.84 Å². The van der Waals surface area contributed by atoms with Crippen LogP contribution in [0.1, 0.15) is 16.7 Å². The Morgan fingerprint density at radius 1 is 1.25 bits per heavy atom. The van der Waals surface area contributed by atoms with Gasteiger partial charge in [0.2, 0.25) is 0 Å². The van der Waals surface area contributed by atoms with Gasteiger partial charge in [0, 0.05) is 19.7 Å². The first-order valence-electron chi connectivity index (χ1n) is 8.01. The van der Waals surface area contributed by atoms with Gasteiger partial charge in [0.1, 0.15) is 19.1 Å². The fraction of sp³-hybridized carbons (Fsp3) is 0.400. The maximum absolute atomic E-state index is 12.5. The van der Waals surface area contributed by atoms with Crippen molar-refractivity contribution in [3.05, 3.63) is 41.2 Å². The number of hydrogen-bond acceptors (Lipinski definition) is 8. The Morgan fingerprint density at radius 2 is 1.93 bits per heavy atom. The van der Waals surface area contributed by atoms with Crippen LogP contribution in [0.25, 0.3) is 0 Å². The molecule has 154 valence electrons. The van der Waals surface area contributed by atoms with Crippen LogP contribution in [0.2, 0.25) is 0 Å². The van der Waals surface area contributed by atoms with Crippen LogP contribution in [0.5, 0.6) is 0 Å². The standard InChI is InChI=1S/C15H22N6O5S2/c1-11-6-7-13(12(2)8-11)14(19-26-5)9-17-27(22,23)15-16-10-21(18-15)28(24,25)20(3)4/h6-8,10,17H,9H2,1-5H3/b19-14+. The van der Waals surface area contributed by atoms with Gasteiger partial charge in [0.25, 0.3) is 15.2 Å². The van der Waals surface area contributed by atoms with Gasteiger partial charge >= 0.3 is 10.2 Å². The largest absolute Gasteiger partial charge is 0.399 e. The third kappa shape index (κ3) is 4.73. The first-order valence-corrected chi connectivity index (χ1v) is 10.9. The summed E-state index contributed by atoms with van der Waals surface area (Å²) in [5.74, 6) is 0. The van der Waals surface area contributed by atoms with Crippen LogP contribution in [-0.2, 0) is 25.1 Å². The van der Waals surface area contributed by atoms with Gasteiger partial charge < -0.3 is 4.84 Å². The second-order valence-corrected chi connectivity index (χ2v) is 9.71. The van der Waals surface area contributed by atoms with E-state index < -0.39 is 25.4 Å². The van der Waals surface area contributed by atoms with Crippen LogP contribution in [-0.4, -0.2) is 68.8 Å². The van der Waals surface area contributed by atoms with E-state index in [9.17, 15) is 16.8 Å². The Labute approximate surface area is 164 Å². The van der Waals surface area contributed by atoms with Gasteiger partial charge in [0.05, 0.1) is 6.54 Å². The zero-order chi connectivity index (χ0) is 21.1. The summed E-state index contributed by atoms with van der Waals surface area (Å²) in [6, 6.07) is 5.62. The molecule has 0 saturated heterocycles. The van der Waals surface area contributed by atoms with Crippen molar-refractivity contribution in [2.45, 2.75) is 19.0 Å². The Hall–Kier alpha value is -2.35. The maximum atomic E-state index is 12.5. The summed E-state index contributed by atoms with van der Waals surface area (Å²) < 4.78 is 52.6. The first-order chi connectivity index (χ1) is 13.0. The molecule has 1 aromatic carbocycles. The summed E-state index contributed by atoms with van der Waals surface area (Å²) in [7, 11) is -4.21. The number of sulfonamides is 1. The maximum Gasteiger partial charge on any atom is 0.323 e. The Bertz CT molecular complexity index is 1090. The Balaban J connectivity index is 2.26. The quantitative estimate of drug-likeness (QED) is 0.455. The highest BCUT2D eigenvalue weighted by molar-refractivity contribution is 7.89.